The van der Waals surface area contributed by atoms with Crippen LogP contribution in [0.25, 0.3) is 0 Å². The van der Waals surface area contributed by atoms with Crippen molar-refractivity contribution in [1.29, 1.82) is 0 Å². The minimum Gasteiger partial charge on any atom is -0.341 e. The minimum absolute atomic E-state index is 0.595. The maximum absolute atomic E-state index is 12.8. The van der Waals surface area contributed by atoms with E-state index in [1.807, 2.05) is 4.90 Å². The van der Waals surface area contributed by atoms with Crippen LogP contribution in [-0.2, 0) is 0 Å². The van der Waals surface area contributed by atoms with Gasteiger partial charge in [-0.05, 0) is 18.9 Å². The van der Waals surface area contributed by atoms with E-state index in [4.69, 9.17) is 0 Å². The third-order valence-electron chi connectivity index (χ3n) is 2.26. The first-order chi connectivity index (χ1) is 6.36. The lowest BCUT2D eigenvalue weighted by molar-refractivity contribution is 0.276. The molecule has 1 aromatic rings. The fraction of sp³-hybridized carbons (Fsp3) is 0.556. The van der Waals surface area contributed by atoms with Crippen molar-refractivity contribution in [3.05, 3.63) is 18.5 Å². The predicted octanol–water partition coefficient (Wildman–Crippen LogP) is 1.41. The highest BCUT2D eigenvalue weighted by Crippen LogP contribution is 2.16. The van der Waals surface area contributed by atoms with Gasteiger partial charge >= 0.3 is 0 Å². The van der Waals surface area contributed by atoms with Crippen molar-refractivity contribution in [2.75, 3.05) is 18.0 Å². The van der Waals surface area contributed by atoms with E-state index in [0.29, 0.717) is 12.8 Å². The molecule has 1 fully saturated rings. The van der Waals surface area contributed by atoms with Gasteiger partial charge in [0.15, 0.2) is 0 Å². The SMILES string of the molecule is FC1CCN(c2ncccn2)CC1. The maximum atomic E-state index is 12.8. The summed E-state index contributed by atoms with van der Waals surface area (Å²) in [6, 6.07) is 1.78. The average Bonchev–Trinajstić information content (AvgIpc) is 2.20. The summed E-state index contributed by atoms with van der Waals surface area (Å²) in [5.41, 5.74) is 0. The van der Waals surface area contributed by atoms with E-state index in [1.165, 1.54) is 0 Å². The standard InChI is InChI=1S/C9H12FN3/c10-8-2-6-13(7-3-8)9-11-4-1-5-12-9/h1,4-5,8H,2-3,6-7H2. The van der Waals surface area contributed by atoms with Crippen molar-refractivity contribution < 1.29 is 4.39 Å². The van der Waals surface area contributed by atoms with Crippen LogP contribution in [0.3, 0.4) is 0 Å². The molecule has 0 saturated carbocycles. The Balaban J connectivity index is 2.03. The number of nitrogens with zero attached hydrogens (tertiary/aromatic N) is 3. The normalized spacial score (nSPS) is 19.0. The van der Waals surface area contributed by atoms with Crippen LogP contribution in [0.5, 0.6) is 0 Å². The molecule has 0 atom stereocenters. The molecule has 70 valence electrons. The van der Waals surface area contributed by atoms with Crippen LogP contribution in [0, 0.1) is 0 Å². The number of rotatable bonds is 1. The van der Waals surface area contributed by atoms with Gasteiger partial charge in [0.25, 0.3) is 0 Å². The van der Waals surface area contributed by atoms with E-state index in [-0.39, 0.29) is 0 Å². The molecule has 1 aromatic heterocycles. The van der Waals surface area contributed by atoms with Crippen LogP contribution in [0.1, 0.15) is 12.8 Å². The lowest BCUT2D eigenvalue weighted by Gasteiger charge is -2.28. The zero-order valence-electron chi connectivity index (χ0n) is 7.36. The monoisotopic (exact) mass is 181 g/mol. The van der Waals surface area contributed by atoms with Crippen LogP contribution >= 0.6 is 0 Å². The van der Waals surface area contributed by atoms with Gasteiger partial charge in [0.05, 0.1) is 0 Å². The van der Waals surface area contributed by atoms with Crippen molar-refractivity contribution in [3.63, 3.8) is 0 Å². The largest absolute Gasteiger partial charge is 0.341 e. The molecule has 1 aliphatic heterocycles. The van der Waals surface area contributed by atoms with Crippen molar-refractivity contribution >= 4 is 5.95 Å². The molecular weight excluding hydrogens is 169 g/mol. The molecule has 0 radical (unpaired) electrons. The first-order valence-corrected chi connectivity index (χ1v) is 4.52. The molecular formula is C9H12FN3. The van der Waals surface area contributed by atoms with Crippen LogP contribution in [0.15, 0.2) is 18.5 Å². The molecule has 3 nitrogen and oxygen atoms in total. The lowest BCUT2D eigenvalue weighted by atomic mass is 10.1. The Morgan fingerprint density at radius 1 is 1.23 bits per heavy atom. The maximum Gasteiger partial charge on any atom is 0.225 e. The lowest BCUT2D eigenvalue weighted by Crippen LogP contribution is -2.35. The second-order valence-electron chi connectivity index (χ2n) is 3.21. The number of anilines is 1. The van der Waals surface area contributed by atoms with Crippen molar-refractivity contribution in [2.24, 2.45) is 0 Å². The zero-order valence-corrected chi connectivity index (χ0v) is 7.36. The van der Waals surface area contributed by atoms with E-state index < -0.39 is 6.17 Å². The Hall–Kier alpha value is -1.19. The van der Waals surface area contributed by atoms with Crippen LogP contribution in [0.2, 0.25) is 0 Å². The van der Waals surface area contributed by atoms with Gasteiger partial charge < -0.3 is 4.90 Å². The number of alkyl halides is 1. The van der Waals surface area contributed by atoms with Crippen molar-refractivity contribution in [3.8, 4) is 0 Å². The van der Waals surface area contributed by atoms with E-state index in [9.17, 15) is 4.39 Å². The summed E-state index contributed by atoms with van der Waals surface area (Å²) in [5.74, 6) is 0.717. The average molecular weight is 181 g/mol. The Labute approximate surface area is 76.6 Å². The molecule has 0 bridgehead atoms. The second-order valence-corrected chi connectivity index (χ2v) is 3.21. The molecule has 2 rings (SSSR count). The van der Waals surface area contributed by atoms with E-state index in [0.717, 1.165) is 19.0 Å². The van der Waals surface area contributed by atoms with Crippen molar-refractivity contribution in [2.45, 2.75) is 19.0 Å². The van der Waals surface area contributed by atoms with Crippen LogP contribution in [-0.4, -0.2) is 29.2 Å². The second kappa shape index (κ2) is 3.68. The Kier molecular flexibility index (Phi) is 2.38. The van der Waals surface area contributed by atoms with Crippen LogP contribution < -0.4 is 4.90 Å². The summed E-state index contributed by atoms with van der Waals surface area (Å²) >= 11 is 0. The van der Waals surface area contributed by atoms with Gasteiger partial charge in [-0.25, -0.2) is 14.4 Å². The number of halogens is 1. The van der Waals surface area contributed by atoms with E-state index >= 15 is 0 Å². The predicted molar refractivity (Wildman–Crippen MR) is 48.4 cm³/mol. The molecule has 2 heterocycles. The van der Waals surface area contributed by atoms with Gasteiger partial charge in [-0.2, -0.15) is 0 Å². The molecule has 0 amide bonds. The molecule has 0 aliphatic carbocycles. The molecule has 0 N–H and O–H groups in total. The quantitative estimate of drug-likeness (QED) is 0.656. The van der Waals surface area contributed by atoms with Gasteiger partial charge in [0.1, 0.15) is 6.17 Å². The topological polar surface area (TPSA) is 29.0 Å². The number of hydrogen-bond donors (Lipinski definition) is 0. The van der Waals surface area contributed by atoms with Gasteiger partial charge in [0, 0.05) is 25.5 Å². The third kappa shape index (κ3) is 1.94. The summed E-state index contributed by atoms with van der Waals surface area (Å²) in [7, 11) is 0. The highest BCUT2D eigenvalue weighted by molar-refractivity contribution is 5.28. The number of piperidine rings is 1. The zero-order chi connectivity index (χ0) is 9.10. The molecule has 13 heavy (non-hydrogen) atoms. The first-order valence-electron chi connectivity index (χ1n) is 4.52. The summed E-state index contributed by atoms with van der Waals surface area (Å²) in [6.07, 6.45) is 3.98. The fourth-order valence-electron chi connectivity index (χ4n) is 1.50. The van der Waals surface area contributed by atoms with Gasteiger partial charge in [-0.1, -0.05) is 0 Å². The third-order valence-corrected chi connectivity index (χ3v) is 2.26. The van der Waals surface area contributed by atoms with Gasteiger partial charge in [0.2, 0.25) is 5.95 Å². The highest BCUT2D eigenvalue weighted by atomic mass is 19.1. The molecule has 1 saturated heterocycles. The summed E-state index contributed by atoms with van der Waals surface area (Å²) in [4.78, 5) is 10.3. The van der Waals surface area contributed by atoms with Gasteiger partial charge in [-0.3, -0.25) is 0 Å². The Morgan fingerprint density at radius 3 is 2.46 bits per heavy atom. The van der Waals surface area contributed by atoms with Crippen LogP contribution in [0.4, 0.5) is 10.3 Å². The summed E-state index contributed by atoms with van der Waals surface area (Å²) in [6.45, 7) is 1.45. The smallest absolute Gasteiger partial charge is 0.225 e. The molecule has 1 aliphatic rings. The Bertz CT molecular complexity index is 257. The number of aromatic nitrogens is 2. The first kappa shape index (κ1) is 8.41. The summed E-state index contributed by atoms with van der Waals surface area (Å²) < 4.78 is 12.8. The molecule has 0 unspecified atom stereocenters. The summed E-state index contributed by atoms with van der Waals surface area (Å²) in [5, 5.41) is 0. The molecule has 0 aromatic carbocycles. The number of hydrogen-bond acceptors (Lipinski definition) is 3. The highest BCUT2D eigenvalue weighted by Gasteiger charge is 2.19. The molecule has 4 heteroatoms. The van der Waals surface area contributed by atoms with Gasteiger partial charge in [-0.15, -0.1) is 0 Å². The van der Waals surface area contributed by atoms with E-state index in [1.54, 1.807) is 18.5 Å². The molecule has 0 spiro atoms. The van der Waals surface area contributed by atoms with Crippen molar-refractivity contribution in [1.82, 2.24) is 9.97 Å². The minimum atomic E-state index is -0.639. The fourth-order valence-corrected chi connectivity index (χ4v) is 1.50. The Morgan fingerprint density at radius 2 is 1.85 bits per heavy atom. The van der Waals surface area contributed by atoms with E-state index in [2.05, 4.69) is 9.97 Å².